The summed E-state index contributed by atoms with van der Waals surface area (Å²) in [4.78, 5) is 11.4. The molecule has 0 spiro atoms. The summed E-state index contributed by atoms with van der Waals surface area (Å²) in [6.07, 6.45) is -4.71. The van der Waals surface area contributed by atoms with Gasteiger partial charge in [0, 0.05) is 10.4 Å². The summed E-state index contributed by atoms with van der Waals surface area (Å²) in [5.41, 5.74) is -1.46. The average Bonchev–Trinajstić information content (AvgIpc) is 2.20. The molecule has 0 radical (unpaired) electrons. The molecule has 1 aromatic rings. The Bertz CT molecular complexity index is 472. The van der Waals surface area contributed by atoms with E-state index in [9.17, 15) is 23.1 Å². The van der Waals surface area contributed by atoms with Crippen molar-refractivity contribution in [3.63, 3.8) is 0 Å². The van der Waals surface area contributed by atoms with Crippen molar-refractivity contribution in [3.8, 4) is 5.75 Å². The van der Waals surface area contributed by atoms with Gasteiger partial charge in [-0.1, -0.05) is 29.8 Å². The van der Waals surface area contributed by atoms with Crippen LogP contribution in [0.25, 0.3) is 0 Å². The van der Waals surface area contributed by atoms with Crippen molar-refractivity contribution >= 4 is 27.5 Å². The molecule has 0 saturated heterocycles. The lowest BCUT2D eigenvalue weighted by atomic mass is 10.1. The Labute approximate surface area is 110 Å². The van der Waals surface area contributed by atoms with E-state index in [-0.39, 0.29) is 10.2 Å². The highest BCUT2D eigenvalue weighted by atomic mass is 79.9. The number of hydrogen-bond donors (Lipinski definition) is 2. The van der Waals surface area contributed by atoms with Crippen molar-refractivity contribution in [3.05, 3.63) is 22.2 Å². The summed E-state index contributed by atoms with van der Waals surface area (Å²) >= 11 is 2.72. The first-order valence-electron chi connectivity index (χ1n) is 5.04. The molecule has 0 aliphatic carbocycles. The van der Waals surface area contributed by atoms with Gasteiger partial charge in [0.2, 0.25) is 5.91 Å². The largest absolute Gasteiger partial charge is 0.505 e. The lowest BCUT2D eigenvalue weighted by Gasteiger charge is -2.15. The van der Waals surface area contributed by atoms with Crippen LogP contribution < -0.4 is 5.32 Å². The van der Waals surface area contributed by atoms with Gasteiger partial charge in [-0.05, 0) is 12.1 Å². The lowest BCUT2D eigenvalue weighted by Crippen LogP contribution is -2.18. The van der Waals surface area contributed by atoms with E-state index in [1.807, 2.05) is 0 Å². The van der Waals surface area contributed by atoms with E-state index in [1.165, 1.54) is 6.07 Å². The number of anilines is 1. The van der Waals surface area contributed by atoms with Crippen LogP contribution in [0.3, 0.4) is 0 Å². The van der Waals surface area contributed by atoms with E-state index in [2.05, 4.69) is 21.2 Å². The monoisotopic (exact) mass is 325 g/mol. The number of aromatic hydroxyl groups is 1. The Morgan fingerprint density at radius 3 is 2.39 bits per heavy atom. The minimum absolute atomic E-state index is 0.260. The zero-order valence-electron chi connectivity index (χ0n) is 9.60. The van der Waals surface area contributed by atoms with Crippen LogP contribution in [0.4, 0.5) is 18.9 Å². The first kappa shape index (κ1) is 14.8. The molecule has 0 unspecified atom stereocenters. The normalized spacial score (nSPS) is 11.7. The Balaban J connectivity index is 3.22. The van der Waals surface area contributed by atoms with E-state index < -0.39 is 29.3 Å². The highest BCUT2D eigenvalue weighted by molar-refractivity contribution is 9.10. The summed E-state index contributed by atoms with van der Waals surface area (Å²) in [7, 11) is 0. The smallest absolute Gasteiger partial charge is 0.421 e. The molecule has 100 valence electrons. The van der Waals surface area contributed by atoms with Gasteiger partial charge < -0.3 is 10.4 Å². The number of carbonyl (C=O) groups excluding carboxylic acids is 1. The molecule has 0 aromatic heterocycles. The molecule has 1 rings (SSSR count). The molecule has 0 aliphatic rings. The number of amides is 1. The number of nitrogens with one attached hydrogen (secondary N) is 1. The molecule has 7 heteroatoms. The number of alkyl halides is 3. The lowest BCUT2D eigenvalue weighted by molar-refractivity contribution is -0.139. The predicted octanol–water partition coefficient (Wildman–Crippen LogP) is 3.77. The molecule has 18 heavy (non-hydrogen) atoms. The maximum atomic E-state index is 12.7. The summed E-state index contributed by atoms with van der Waals surface area (Å²) in [6.45, 7) is 3.19. The van der Waals surface area contributed by atoms with Crippen LogP contribution in [0.5, 0.6) is 5.75 Å². The molecular formula is C11H11BrF3NO2. The van der Waals surface area contributed by atoms with Gasteiger partial charge in [0.15, 0.2) is 5.75 Å². The van der Waals surface area contributed by atoms with Crippen molar-refractivity contribution < 1.29 is 23.1 Å². The molecule has 1 aromatic carbocycles. The average molecular weight is 326 g/mol. The van der Waals surface area contributed by atoms with Crippen molar-refractivity contribution in [1.29, 1.82) is 0 Å². The number of carbonyl (C=O) groups is 1. The predicted molar refractivity (Wildman–Crippen MR) is 64.3 cm³/mol. The fraction of sp³-hybridized carbons (Fsp3) is 0.364. The van der Waals surface area contributed by atoms with Gasteiger partial charge in [-0.25, -0.2) is 0 Å². The fourth-order valence-corrected chi connectivity index (χ4v) is 1.76. The third-order valence-electron chi connectivity index (χ3n) is 2.19. The number of halogens is 4. The first-order chi connectivity index (χ1) is 8.14. The molecule has 3 nitrogen and oxygen atoms in total. The highest BCUT2D eigenvalue weighted by Crippen LogP contribution is 2.44. The van der Waals surface area contributed by atoms with E-state index in [0.717, 1.165) is 6.07 Å². The standard InChI is InChI=1S/C11H11BrF3NO2/c1-5(2)10(18)16-7-4-3-6(12)8(9(7)17)11(13,14)15/h3-5,17H,1-2H3,(H,16,18). The number of phenols is 1. The van der Waals surface area contributed by atoms with Crippen molar-refractivity contribution in [2.45, 2.75) is 20.0 Å². The quantitative estimate of drug-likeness (QED) is 0.813. The van der Waals surface area contributed by atoms with Crippen molar-refractivity contribution in [1.82, 2.24) is 0 Å². The Morgan fingerprint density at radius 1 is 1.39 bits per heavy atom. The van der Waals surface area contributed by atoms with Crippen LogP contribution in [0.15, 0.2) is 16.6 Å². The molecule has 0 atom stereocenters. The molecule has 0 saturated carbocycles. The van der Waals surface area contributed by atoms with Gasteiger partial charge >= 0.3 is 6.18 Å². The first-order valence-corrected chi connectivity index (χ1v) is 5.83. The Kier molecular flexibility index (Phi) is 4.26. The minimum atomic E-state index is -4.71. The van der Waals surface area contributed by atoms with E-state index in [1.54, 1.807) is 13.8 Å². The van der Waals surface area contributed by atoms with E-state index in [0.29, 0.717) is 0 Å². The van der Waals surface area contributed by atoms with Gasteiger partial charge in [0.1, 0.15) is 5.56 Å². The second kappa shape index (κ2) is 5.17. The highest BCUT2D eigenvalue weighted by Gasteiger charge is 2.37. The summed E-state index contributed by atoms with van der Waals surface area (Å²) < 4.78 is 37.8. The molecule has 0 heterocycles. The van der Waals surface area contributed by atoms with Crippen LogP contribution in [-0.2, 0) is 11.0 Å². The van der Waals surface area contributed by atoms with Gasteiger partial charge in [0.25, 0.3) is 0 Å². The third-order valence-corrected chi connectivity index (χ3v) is 2.85. The Morgan fingerprint density at radius 2 is 1.94 bits per heavy atom. The van der Waals surface area contributed by atoms with Gasteiger partial charge in [-0.15, -0.1) is 0 Å². The SMILES string of the molecule is CC(C)C(=O)Nc1ccc(Br)c(C(F)(F)F)c1O. The second-order valence-electron chi connectivity index (χ2n) is 3.96. The molecule has 0 aliphatic heterocycles. The van der Waals surface area contributed by atoms with Crippen LogP contribution in [0.1, 0.15) is 19.4 Å². The number of phenolic OH excluding ortho intramolecular Hbond substituents is 1. The third kappa shape index (κ3) is 3.16. The Hall–Kier alpha value is -1.24. The van der Waals surface area contributed by atoms with E-state index >= 15 is 0 Å². The number of rotatable bonds is 2. The molecule has 0 fully saturated rings. The van der Waals surface area contributed by atoms with Gasteiger partial charge in [-0.2, -0.15) is 13.2 Å². The number of benzene rings is 1. The van der Waals surface area contributed by atoms with Gasteiger partial charge in [0.05, 0.1) is 5.69 Å². The van der Waals surface area contributed by atoms with Gasteiger partial charge in [-0.3, -0.25) is 4.79 Å². The minimum Gasteiger partial charge on any atom is -0.505 e. The molecule has 1 amide bonds. The molecule has 0 bridgehead atoms. The van der Waals surface area contributed by atoms with Crippen LogP contribution in [0.2, 0.25) is 0 Å². The zero-order chi connectivity index (χ0) is 14.1. The maximum absolute atomic E-state index is 12.7. The summed E-state index contributed by atoms with van der Waals surface area (Å²) in [6, 6.07) is 2.33. The van der Waals surface area contributed by atoms with Crippen LogP contribution in [-0.4, -0.2) is 11.0 Å². The number of hydrogen-bond acceptors (Lipinski definition) is 2. The zero-order valence-corrected chi connectivity index (χ0v) is 11.2. The molecule has 2 N–H and O–H groups in total. The molecular weight excluding hydrogens is 315 g/mol. The summed E-state index contributed by atoms with van der Waals surface area (Å²) in [5.74, 6) is -1.87. The maximum Gasteiger partial charge on any atom is 0.421 e. The van der Waals surface area contributed by atoms with Crippen LogP contribution in [0, 0.1) is 5.92 Å². The van der Waals surface area contributed by atoms with E-state index in [4.69, 9.17) is 0 Å². The summed E-state index contributed by atoms with van der Waals surface area (Å²) in [5, 5.41) is 11.8. The fourth-order valence-electron chi connectivity index (χ4n) is 1.21. The second-order valence-corrected chi connectivity index (χ2v) is 4.81. The topological polar surface area (TPSA) is 49.3 Å². The van der Waals surface area contributed by atoms with Crippen molar-refractivity contribution in [2.75, 3.05) is 5.32 Å². The van der Waals surface area contributed by atoms with Crippen LogP contribution >= 0.6 is 15.9 Å². The van der Waals surface area contributed by atoms with Crippen molar-refractivity contribution in [2.24, 2.45) is 5.92 Å².